The number of rotatable bonds is 3. The molecule has 1 saturated heterocycles. The van der Waals surface area contributed by atoms with Crippen LogP contribution in [-0.2, 0) is 11.3 Å². The fraction of sp³-hybridized carbons (Fsp3) is 0.833. The third kappa shape index (κ3) is 3.42. The van der Waals surface area contributed by atoms with Crippen LogP contribution in [0.4, 0.5) is 0 Å². The van der Waals surface area contributed by atoms with Gasteiger partial charge in [0.1, 0.15) is 10.0 Å². The van der Waals surface area contributed by atoms with Crippen molar-refractivity contribution in [2.75, 3.05) is 5.75 Å². The molecule has 0 amide bonds. The number of nitrogens with one attached hydrogen (secondary N) is 1. The van der Waals surface area contributed by atoms with Crippen LogP contribution in [0.3, 0.4) is 0 Å². The predicted molar refractivity (Wildman–Crippen MR) is 75.5 cm³/mol. The summed E-state index contributed by atoms with van der Waals surface area (Å²) >= 11 is 3.79. The lowest BCUT2D eigenvalue weighted by Crippen LogP contribution is -2.35. The van der Waals surface area contributed by atoms with Gasteiger partial charge >= 0.3 is 0 Å². The van der Waals surface area contributed by atoms with Gasteiger partial charge in [0.25, 0.3) is 0 Å². The molecule has 1 atom stereocenters. The van der Waals surface area contributed by atoms with E-state index in [2.05, 4.69) is 43.2 Å². The van der Waals surface area contributed by atoms with Crippen LogP contribution in [0, 0.1) is 0 Å². The molecule has 0 radical (unpaired) electrons. The molecule has 0 aromatic carbocycles. The number of nitrogens with zero attached hydrogens (tertiary/aromatic N) is 2. The second-order valence-corrected chi connectivity index (χ2v) is 8.45. The molecule has 2 rings (SSSR count). The molecule has 3 nitrogen and oxygen atoms in total. The lowest BCUT2D eigenvalue weighted by atomic mass is 10.1. The zero-order valence-electron chi connectivity index (χ0n) is 11.0. The van der Waals surface area contributed by atoms with Gasteiger partial charge in [-0.3, -0.25) is 0 Å². The Balaban J connectivity index is 2.01. The van der Waals surface area contributed by atoms with Gasteiger partial charge in [-0.1, -0.05) is 11.3 Å². The first kappa shape index (κ1) is 13.3. The van der Waals surface area contributed by atoms with E-state index < -0.39 is 0 Å². The Hall–Kier alpha value is -0.130. The van der Waals surface area contributed by atoms with E-state index in [1.54, 1.807) is 11.3 Å². The van der Waals surface area contributed by atoms with Gasteiger partial charge in [-0.25, -0.2) is 0 Å². The van der Waals surface area contributed by atoms with E-state index in [4.69, 9.17) is 0 Å². The van der Waals surface area contributed by atoms with E-state index in [1.807, 2.05) is 11.8 Å². The Morgan fingerprint density at radius 3 is 2.71 bits per heavy atom. The maximum atomic E-state index is 4.38. The number of aromatic nitrogens is 2. The van der Waals surface area contributed by atoms with Gasteiger partial charge < -0.3 is 5.32 Å². The maximum absolute atomic E-state index is 4.38. The van der Waals surface area contributed by atoms with Crippen molar-refractivity contribution in [1.29, 1.82) is 0 Å². The number of hydrogen-bond acceptors (Lipinski definition) is 5. The van der Waals surface area contributed by atoms with Crippen molar-refractivity contribution in [2.45, 2.75) is 57.4 Å². The Labute approximate surface area is 112 Å². The first-order valence-electron chi connectivity index (χ1n) is 6.11. The van der Waals surface area contributed by atoms with E-state index in [-0.39, 0.29) is 10.3 Å². The van der Waals surface area contributed by atoms with Crippen molar-refractivity contribution in [3.63, 3.8) is 0 Å². The molecule has 96 valence electrons. The fourth-order valence-corrected chi connectivity index (χ4v) is 4.17. The quantitative estimate of drug-likeness (QED) is 0.916. The first-order chi connectivity index (χ1) is 7.89. The zero-order chi connectivity index (χ0) is 12.5. The van der Waals surface area contributed by atoms with E-state index in [9.17, 15) is 0 Å². The van der Waals surface area contributed by atoms with Crippen LogP contribution in [0.1, 0.15) is 50.6 Å². The maximum Gasteiger partial charge on any atom is 0.133 e. The molecular formula is C12H21N3S2. The standard InChI is InChI=1S/C12H21N3S2/c1-11(2,3)13-8-9-14-15-10(17-9)12(4)6-5-7-16-12/h13H,5-8H2,1-4H3. The summed E-state index contributed by atoms with van der Waals surface area (Å²) < 4.78 is 0.220. The van der Waals surface area contributed by atoms with Gasteiger partial charge in [0.2, 0.25) is 0 Å². The van der Waals surface area contributed by atoms with Crippen LogP contribution in [-0.4, -0.2) is 21.5 Å². The van der Waals surface area contributed by atoms with Crippen LogP contribution < -0.4 is 5.32 Å². The van der Waals surface area contributed by atoms with Crippen molar-refractivity contribution in [3.8, 4) is 0 Å². The van der Waals surface area contributed by atoms with Gasteiger partial charge in [0.05, 0.1) is 11.3 Å². The normalized spacial score (nSPS) is 25.4. The van der Waals surface area contributed by atoms with E-state index in [0.717, 1.165) is 11.6 Å². The van der Waals surface area contributed by atoms with Crippen molar-refractivity contribution in [1.82, 2.24) is 15.5 Å². The molecule has 0 aliphatic carbocycles. The molecule has 0 saturated carbocycles. The minimum Gasteiger partial charge on any atom is -0.306 e. The van der Waals surface area contributed by atoms with Crippen molar-refractivity contribution in [2.24, 2.45) is 0 Å². The molecular weight excluding hydrogens is 250 g/mol. The molecule has 1 unspecified atom stereocenters. The Kier molecular flexibility index (Phi) is 3.80. The minimum absolute atomic E-state index is 0.137. The van der Waals surface area contributed by atoms with Gasteiger partial charge in [-0.2, -0.15) is 0 Å². The Morgan fingerprint density at radius 1 is 1.35 bits per heavy atom. The lowest BCUT2D eigenvalue weighted by Gasteiger charge is -2.19. The van der Waals surface area contributed by atoms with Crippen molar-refractivity contribution in [3.05, 3.63) is 10.0 Å². The molecule has 1 aliphatic heterocycles. The van der Waals surface area contributed by atoms with Crippen LogP contribution >= 0.6 is 23.1 Å². The molecule has 1 N–H and O–H groups in total. The Bertz CT molecular complexity index is 375. The van der Waals surface area contributed by atoms with Crippen LogP contribution in [0.15, 0.2) is 0 Å². The fourth-order valence-electron chi connectivity index (χ4n) is 1.83. The molecule has 17 heavy (non-hydrogen) atoms. The molecule has 5 heteroatoms. The lowest BCUT2D eigenvalue weighted by molar-refractivity contribution is 0.423. The average molecular weight is 271 g/mol. The molecule has 1 fully saturated rings. The van der Waals surface area contributed by atoms with E-state index in [1.165, 1.54) is 23.6 Å². The highest BCUT2D eigenvalue weighted by molar-refractivity contribution is 8.00. The summed E-state index contributed by atoms with van der Waals surface area (Å²) in [6.07, 6.45) is 2.54. The highest BCUT2D eigenvalue weighted by Gasteiger charge is 2.34. The van der Waals surface area contributed by atoms with Crippen LogP contribution in [0.2, 0.25) is 0 Å². The second-order valence-electron chi connectivity index (χ2n) is 5.79. The summed E-state index contributed by atoms with van der Waals surface area (Å²) in [6.45, 7) is 9.63. The van der Waals surface area contributed by atoms with Crippen molar-refractivity contribution < 1.29 is 0 Å². The van der Waals surface area contributed by atoms with Gasteiger partial charge in [0.15, 0.2) is 0 Å². The van der Waals surface area contributed by atoms with E-state index in [0.29, 0.717) is 0 Å². The predicted octanol–water partition coefficient (Wildman–Crippen LogP) is 3.17. The first-order valence-corrected chi connectivity index (χ1v) is 7.91. The van der Waals surface area contributed by atoms with Gasteiger partial charge in [-0.05, 0) is 46.3 Å². The van der Waals surface area contributed by atoms with E-state index >= 15 is 0 Å². The molecule has 0 bridgehead atoms. The zero-order valence-corrected chi connectivity index (χ0v) is 12.7. The van der Waals surface area contributed by atoms with Crippen molar-refractivity contribution >= 4 is 23.1 Å². The molecule has 0 spiro atoms. The van der Waals surface area contributed by atoms with Gasteiger partial charge in [-0.15, -0.1) is 22.0 Å². The SMILES string of the molecule is CC(C)(C)NCc1nnc(C2(C)CCCS2)s1. The largest absolute Gasteiger partial charge is 0.306 e. The Morgan fingerprint density at radius 2 is 2.12 bits per heavy atom. The third-order valence-electron chi connectivity index (χ3n) is 2.91. The second kappa shape index (κ2) is 4.86. The summed E-state index contributed by atoms with van der Waals surface area (Å²) in [5, 5.41) is 14.4. The number of hydrogen-bond donors (Lipinski definition) is 1. The number of thioether (sulfide) groups is 1. The van der Waals surface area contributed by atoms with Crippen LogP contribution in [0.25, 0.3) is 0 Å². The van der Waals surface area contributed by atoms with Crippen LogP contribution in [0.5, 0.6) is 0 Å². The summed E-state index contributed by atoms with van der Waals surface area (Å²) in [5.74, 6) is 1.26. The highest BCUT2D eigenvalue weighted by Crippen LogP contribution is 2.46. The minimum atomic E-state index is 0.137. The third-order valence-corrected chi connectivity index (χ3v) is 5.75. The monoisotopic (exact) mass is 271 g/mol. The summed E-state index contributed by atoms with van der Waals surface area (Å²) in [4.78, 5) is 0. The highest BCUT2D eigenvalue weighted by atomic mass is 32.2. The summed E-state index contributed by atoms with van der Waals surface area (Å²) in [7, 11) is 0. The summed E-state index contributed by atoms with van der Waals surface area (Å²) in [6, 6.07) is 0. The van der Waals surface area contributed by atoms with Gasteiger partial charge in [0, 0.05) is 5.54 Å². The molecule has 1 aromatic rings. The molecule has 1 aliphatic rings. The summed E-state index contributed by atoms with van der Waals surface area (Å²) in [5.41, 5.74) is 0.137. The average Bonchev–Trinajstić information content (AvgIpc) is 2.83. The topological polar surface area (TPSA) is 37.8 Å². The molecule has 1 aromatic heterocycles. The molecule has 2 heterocycles. The smallest absolute Gasteiger partial charge is 0.133 e.